The number of fused-ring (bicyclic) bond motifs is 1. The van der Waals surface area contributed by atoms with E-state index in [4.69, 9.17) is 13.9 Å². The molecule has 3 aromatic rings. The second-order valence-electron chi connectivity index (χ2n) is 6.49. The van der Waals surface area contributed by atoms with Gasteiger partial charge in [-0.3, -0.25) is 0 Å². The van der Waals surface area contributed by atoms with Gasteiger partial charge in [-0.25, -0.2) is 14.6 Å². The predicted octanol–water partition coefficient (Wildman–Crippen LogP) is 4.75. The van der Waals surface area contributed by atoms with Crippen molar-refractivity contribution in [2.75, 3.05) is 19.1 Å². The molecular formula is C23H17BrN2O5. The van der Waals surface area contributed by atoms with Crippen LogP contribution in [0.5, 0.6) is 0 Å². The molecule has 31 heavy (non-hydrogen) atoms. The lowest BCUT2D eigenvalue weighted by Gasteiger charge is -2.22. The van der Waals surface area contributed by atoms with Crippen LogP contribution in [0.3, 0.4) is 0 Å². The third kappa shape index (κ3) is 4.02. The van der Waals surface area contributed by atoms with Gasteiger partial charge in [-0.05, 0) is 54.6 Å². The van der Waals surface area contributed by atoms with E-state index in [0.29, 0.717) is 22.7 Å². The topological polar surface area (TPSA) is 81.9 Å². The highest BCUT2D eigenvalue weighted by Gasteiger charge is 2.27. The van der Waals surface area contributed by atoms with E-state index in [-0.39, 0.29) is 11.3 Å². The molecule has 0 saturated heterocycles. The highest BCUT2D eigenvalue weighted by Crippen LogP contribution is 2.31. The van der Waals surface area contributed by atoms with Crippen LogP contribution in [0.4, 0.5) is 5.69 Å². The second-order valence-corrected chi connectivity index (χ2v) is 7.41. The van der Waals surface area contributed by atoms with E-state index in [9.17, 15) is 9.59 Å². The molecule has 0 atom stereocenters. The standard InChI is InChI=1S/C23H17BrN2O5/c1-29-22(27)17-5-3-4-12-26(20(17)23(28)30-2)16-10-11-19-18(13-16)25-21(31-19)14-6-8-15(24)9-7-14/h3-13H,1-2H3. The Morgan fingerprint density at radius 1 is 1.00 bits per heavy atom. The lowest BCUT2D eigenvalue weighted by Crippen LogP contribution is -2.26. The smallest absolute Gasteiger partial charge is 0.355 e. The van der Waals surface area contributed by atoms with Crippen molar-refractivity contribution in [3.63, 3.8) is 0 Å². The Hall–Kier alpha value is -3.65. The van der Waals surface area contributed by atoms with Crippen LogP contribution in [-0.2, 0) is 19.1 Å². The first-order valence-corrected chi connectivity index (χ1v) is 10.0. The number of nitrogens with zero attached hydrogens (tertiary/aromatic N) is 2. The third-order valence-electron chi connectivity index (χ3n) is 4.63. The fourth-order valence-corrected chi connectivity index (χ4v) is 3.41. The van der Waals surface area contributed by atoms with Gasteiger partial charge in [0.25, 0.3) is 0 Å². The Morgan fingerprint density at radius 2 is 1.74 bits per heavy atom. The number of benzene rings is 2. The SMILES string of the molecule is COC(=O)C1=C(C(=O)OC)N(c2ccc3oc(-c4ccc(Br)cc4)nc3c2)C=CC=C1. The molecule has 0 unspecified atom stereocenters. The van der Waals surface area contributed by atoms with Gasteiger partial charge in [0.2, 0.25) is 5.89 Å². The minimum Gasteiger partial charge on any atom is -0.465 e. The van der Waals surface area contributed by atoms with E-state index < -0.39 is 11.9 Å². The molecule has 1 aromatic heterocycles. The third-order valence-corrected chi connectivity index (χ3v) is 5.16. The number of hydrogen-bond donors (Lipinski definition) is 0. The van der Waals surface area contributed by atoms with Crippen molar-refractivity contribution in [3.8, 4) is 11.5 Å². The maximum absolute atomic E-state index is 12.6. The van der Waals surface area contributed by atoms with Crippen LogP contribution in [0.1, 0.15) is 0 Å². The van der Waals surface area contributed by atoms with Gasteiger partial charge in [0.1, 0.15) is 11.2 Å². The molecule has 4 rings (SSSR count). The van der Waals surface area contributed by atoms with E-state index in [1.54, 1.807) is 41.5 Å². The Labute approximate surface area is 186 Å². The summed E-state index contributed by atoms with van der Waals surface area (Å²) >= 11 is 3.41. The summed E-state index contributed by atoms with van der Waals surface area (Å²) in [6, 6.07) is 12.9. The first-order chi connectivity index (χ1) is 15.0. The molecule has 0 aliphatic carbocycles. The summed E-state index contributed by atoms with van der Waals surface area (Å²) in [5.74, 6) is -0.843. The van der Waals surface area contributed by atoms with E-state index in [0.717, 1.165) is 10.0 Å². The molecule has 2 aromatic carbocycles. The van der Waals surface area contributed by atoms with Crippen LogP contribution in [-0.4, -0.2) is 31.1 Å². The largest absolute Gasteiger partial charge is 0.465 e. The molecular weight excluding hydrogens is 464 g/mol. The van der Waals surface area contributed by atoms with E-state index in [1.807, 2.05) is 24.3 Å². The number of carbonyl (C=O) groups excluding carboxylic acids is 2. The van der Waals surface area contributed by atoms with Gasteiger partial charge < -0.3 is 18.8 Å². The Morgan fingerprint density at radius 3 is 2.45 bits per heavy atom. The lowest BCUT2D eigenvalue weighted by molar-refractivity contribution is -0.139. The van der Waals surface area contributed by atoms with Crippen molar-refractivity contribution >= 4 is 44.7 Å². The highest BCUT2D eigenvalue weighted by atomic mass is 79.9. The van der Waals surface area contributed by atoms with Crippen LogP contribution in [0.15, 0.2) is 87.1 Å². The highest BCUT2D eigenvalue weighted by molar-refractivity contribution is 9.10. The Bertz CT molecular complexity index is 1250. The average Bonchev–Trinajstić information content (AvgIpc) is 3.09. The van der Waals surface area contributed by atoms with Crippen LogP contribution in [0.25, 0.3) is 22.6 Å². The van der Waals surface area contributed by atoms with Crippen molar-refractivity contribution in [1.29, 1.82) is 0 Å². The molecule has 0 radical (unpaired) electrons. The van der Waals surface area contributed by atoms with E-state index >= 15 is 0 Å². The number of carbonyl (C=O) groups is 2. The number of halogens is 1. The maximum Gasteiger partial charge on any atom is 0.355 e. The van der Waals surface area contributed by atoms with E-state index in [1.165, 1.54) is 20.3 Å². The first-order valence-electron chi connectivity index (χ1n) is 9.23. The fraction of sp³-hybridized carbons (Fsp3) is 0.0870. The van der Waals surface area contributed by atoms with Crippen LogP contribution in [0.2, 0.25) is 0 Å². The summed E-state index contributed by atoms with van der Waals surface area (Å²) in [7, 11) is 2.51. The summed E-state index contributed by atoms with van der Waals surface area (Å²) in [5, 5.41) is 0. The van der Waals surface area contributed by atoms with Crippen molar-refractivity contribution in [3.05, 3.63) is 82.6 Å². The molecule has 2 heterocycles. The summed E-state index contributed by atoms with van der Waals surface area (Å²) in [5.41, 5.74) is 2.75. The molecule has 8 heteroatoms. The molecule has 156 valence electrons. The average molecular weight is 481 g/mol. The molecule has 0 spiro atoms. The van der Waals surface area contributed by atoms with Gasteiger partial charge in [0.15, 0.2) is 5.58 Å². The molecule has 0 amide bonds. The number of methoxy groups -OCH3 is 2. The normalized spacial score (nSPS) is 13.5. The molecule has 7 nitrogen and oxygen atoms in total. The summed E-state index contributed by atoms with van der Waals surface area (Å²) in [4.78, 5) is 31.0. The predicted molar refractivity (Wildman–Crippen MR) is 119 cm³/mol. The zero-order valence-corrected chi connectivity index (χ0v) is 18.3. The number of ether oxygens (including phenoxy) is 2. The van der Waals surface area contributed by atoms with Crippen LogP contribution < -0.4 is 4.90 Å². The van der Waals surface area contributed by atoms with Gasteiger partial charge in [-0.15, -0.1) is 0 Å². The van der Waals surface area contributed by atoms with Gasteiger partial charge >= 0.3 is 11.9 Å². The Balaban J connectivity index is 1.81. The number of allylic oxidation sites excluding steroid dienone is 2. The summed E-state index contributed by atoms with van der Waals surface area (Å²) < 4.78 is 16.6. The molecule has 0 fully saturated rings. The molecule has 0 bridgehead atoms. The van der Waals surface area contributed by atoms with E-state index in [2.05, 4.69) is 20.9 Å². The summed E-state index contributed by atoms with van der Waals surface area (Å²) in [6.07, 6.45) is 6.53. The van der Waals surface area contributed by atoms with Crippen molar-refractivity contribution in [2.24, 2.45) is 0 Å². The first kappa shape index (κ1) is 20.6. The quantitative estimate of drug-likeness (QED) is 0.498. The van der Waals surface area contributed by atoms with Gasteiger partial charge in [0, 0.05) is 21.9 Å². The minimum absolute atomic E-state index is 0.0373. The molecule has 0 N–H and O–H groups in total. The number of rotatable bonds is 4. The fourth-order valence-electron chi connectivity index (χ4n) is 3.15. The van der Waals surface area contributed by atoms with Crippen molar-refractivity contribution < 1.29 is 23.5 Å². The van der Waals surface area contributed by atoms with Crippen LogP contribution in [0, 0.1) is 0 Å². The Kier molecular flexibility index (Phi) is 5.73. The van der Waals surface area contributed by atoms with Gasteiger partial charge in [0.05, 0.1) is 19.8 Å². The number of oxazole rings is 1. The molecule has 0 saturated carbocycles. The molecule has 1 aliphatic rings. The van der Waals surface area contributed by atoms with Crippen molar-refractivity contribution in [2.45, 2.75) is 0 Å². The lowest BCUT2D eigenvalue weighted by atomic mass is 10.1. The zero-order chi connectivity index (χ0) is 22.0. The molecule has 1 aliphatic heterocycles. The summed E-state index contributed by atoms with van der Waals surface area (Å²) in [6.45, 7) is 0. The number of aromatic nitrogens is 1. The number of hydrogen-bond acceptors (Lipinski definition) is 7. The number of anilines is 1. The zero-order valence-electron chi connectivity index (χ0n) is 16.7. The minimum atomic E-state index is -0.674. The second kappa shape index (κ2) is 8.61. The number of esters is 2. The van der Waals surface area contributed by atoms with Gasteiger partial charge in [-0.1, -0.05) is 22.0 Å². The van der Waals surface area contributed by atoms with Gasteiger partial charge in [-0.2, -0.15) is 0 Å². The van der Waals surface area contributed by atoms with Crippen molar-refractivity contribution in [1.82, 2.24) is 4.98 Å². The van der Waals surface area contributed by atoms with Crippen LogP contribution >= 0.6 is 15.9 Å². The maximum atomic E-state index is 12.6. The monoisotopic (exact) mass is 480 g/mol.